The lowest BCUT2D eigenvalue weighted by Crippen LogP contribution is -2.50. The lowest BCUT2D eigenvalue weighted by Gasteiger charge is -2.34. The van der Waals surface area contributed by atoms with Gasteiger partial charge in [-0.2, -0.15) is 4.31 Å². The molecule has 0 spiro atoms. The third-order valence-corrected chi connectivity index (χ3v) is 7.57. The zero-order valence-corrected chi connectivity index (χ0v) is 18.2. The third-order valence-electron chi connectivity index (χ3n) is 5.63. The summed E-state index contributed by atoms with van der Waals surface area (Å²) in [6.07, 6.45) is 3.07. The minimum absolute atomic E-state index is 0.192. The number of carbonyl (C=O) groups excluding carboxylic acids is 1. The number of nitrogens with zero attached hydrogens (tertiary/aromatic N) is 3. The van der Waals surface area contributed by atoms with Crippen LogP contribution in [0.25, 0.3) is 11.0 Å². The number of amides is 1. The molecule has 0 radical (unpaired) electrons. The van der Waals surface area contributed by atoms with Crippen LogP contribution < -0.4 is 14.2 Å². The molecule has 0 unspecified atom stereocenters. The summed E-state index contributed by atoms with van der Waals surface area (Å²) in [4.78, 5) is 22.0. The Kier molecular flexibility index (Phi) is 5.14. The highest BCUT2D eigenvalue weighted by atomic mass is 32.2. The van der Waals surface area contributed by atoms with Crippen LogP contribution in [0.4, 0.5) is 0 Å². The number of methoxy groups -OCH3 is 1. The molecule has 1 saturated heterocycles. The maximum atomic E-state index is 13.2. The third kappa shape index (κ3) is 3.43. The number of carbonyl (C=O) groups is 1. The van der Waals surface area contributed by atoms with Crippen molar-refractivity contribution in [1.29, 1.82) is 0 Å². The highest BCUT2D eigenvalue weighted by Gasteiger charge is 2.33. The van der Waals surface area contributed by atoms with Crippen molar-refractivity contribution >= 4 is 27.0 Å². The van der Waals surface area contributed by atoms with Crippen LogP contribution in [-0.2, 0) is 10.0 Å². The predicted molar refractivity (Wildman–Crippen MR) is 115 cm³/mol. The van der Waals surface area contributed by atoms with E-state index in [0.29, 0.717) is 47.1 Å². The van der Waals surface area contributed by atoms with E-state index < -0.39 is 10.0 Å². The lowest BCUT2D eigenvalue weighted by atomic mass is 10.1. The van der Waals surface area contributed by atoms with Gasteiger partial charge in [-0.15, -0.1) is 0 Å². The number of H-pyrrole nitrogens is 1. The lowest BCUT2D eigenvalue weighted by molar-refractivity contribution is 0.0696. The molecule has 5 rings (SSSR count). The van der Waals surface area contributed by atoms with Crippen molar-refractivity contribution in [2.24, 2.45) is 0 Å². The summed E-state index contributed by atoms with van der Waals surface area (Å²) < 4.78 is 44.3. The number of rotatable bonds is 4. The Labute approximate surface area is 184 Å². The molecular formula is C21H22N4O6S. The fourth-order valence-corrected chi connectivity index (χ4v) is 5.57. The summed E-state index contributed by atoms with van der Waals surface area (Å²) in [6, 6.07) is 6.69. The molecule has 0 bridgehead atoms. The molecule has 4 heterocycles. The van der Waals surface area contributed by atoms with Gasteiger partial charge in [-0.05, 0) is 24.3 Å². The summed E-state index contributed by atoms with van der Waals surface area (Å²) in [6.45, 7) is 1.75. The van der Waals surface area contributed by atoms with Crippen LogP contribution in [0.2, 0.25) is 0 Å². The van der Waals surface area contributed by atoms with E-state index in [2.05, 4.69) is 9.97 Å². The minimum Gasteiger partial charge on any atom is -0.493 e. The van der Waals surface area contributed by atoms with Gasteiger partial charge in [0.1, 0.15) is 23.8 Å². The number of piperazine rings is 1. The largest absolute Gasteiger partial charge is 0.493 e. The van der Waals surface area contributed by atoms with Crippen molar-refractivity contribution in [1.82, 2.24) is 19.2 Å². The Morgan fingerprint density at radius 3 is 2.72 bits per heavy atom. The highest BCUT2D eigenvalue weighted by Crippen LogP contribution is 2.40. The quantitative estimate of drug-likeness (QED) is 0.630. The molecular weight excluding hydrogens is 436 g/mol. The van der Waals surface area contributed by atoms with Crippen LogP contribution in [0.15, 0.2) is 41.6 Å². The van der Waals surface area contributed by atoms with Gasteiger partial charge in [0.15, 0.2) is 11.5 Å². The first-order valence-corrected chi connectivity index (χ1v) is 11.6. The predicted octanol–water partition coefficient (Wildman–Crippen LogP) is 1.49. The average molecular weight is 458 g/mol. The van der Waals surface area contributed by atoms with Crippen LogP contribution in [0.5, 0.6) is 17.2 Å². The SMILES string of the molecule is COc1cc(C(=O)N2CCN(S(=O)(=O)c3c[nH]c4ncccc34)CC2)cc2c1OCCO2. The van der Waals surface area contributed by atoms with Crippen LogP contribution in [0, 0.1) is 0 Å². The molecule has 168 valence electrons. The first-order chi connectivity index (χ1) is 15.5. The number of nitrogens with one attached hydrogen (secondary N) is 1. The molecule has 1 N–H and O–H groups in total. The maximum Gasteiger partial charge on any atom is 0.254 e. The number of fused-ring (bicyclic) bond motifs is 2. The first kappa shape index (κ1) is 20.6. The van der Waals surface area contributed by atoms with E-state index in [4.69, 9.17) is 14.2 Å². The van der Waals surface area contributed by atoms with E-state index in [9.17, 15) is 13.2 Å². The van der Waals surface area contributed by atoms with Gasteiger partial charge in [-0.25, -0.2) is 13.4 Å². The van der Waals surface area contributed by atoms with Gasteiger partial charge in [0.2, 0.25) is 15.8 Å². The van der Waals surface area contributed by atoms with Gasteiger partial charge in [0.25, 0.3) is 5.91 Å². The molecule has 2 aromatic heterocycles. The smallest absolute Gasteiger partial charge is 0.254 e. The Morgan fingerprint density at radius 2 is 1.94 bits per heavy atom. The van der Waals surface area contributed by atoms with Crippen LogP contribution in [0.3, 0.4) is 0 Å². The standard InChI is InChI=1S/C21H22N4O6S/c1-29-16-11-14(12-17-19(16)31-10-9-30-17)21(26)24-5-7-25(8-6-24)32(27,28)18-13-23-20-15(18)3-2-4-22-20/h2-4,11-13H,5-10H2,1H3,(H,22,23). The fourth-order valence-electron chi connectivity index (χ4n) is 3.99. The molecule has 2 aliphatic heterocycles. The zero-order chi connectivity index (χ0) is 22.3. The van der Waals surface area contributed by atoms with Crippen molar-refractivity contribution in [3.05, 3.63) is 42.2 Å². The van der Waals surface area contributed by atoms with E-state index in [1.54, 1.807) is 35.4 Å². The second-order valence-electron chi connectivity index (χ2n) is 7.45. The molecule has 3 aromatic rings. The van der Waals surface area contributed by atoms with E-state index >= 15 is 0 Å². The van der Waals surface area contributed by atoms with Gasteiger partial charge >= 0.3 is 0 Å². The van der Waals surface area contributed by atoms with E-state index in [0.717, 1.165) is 0 Å². The van der Waals surface area contributed by atoms with Crippen molar-refractivity contribution in [3.8, 4) is 17.2 Å². The molecule has 11 heteroatoms. The number of hydrogen-bond acceptors (Lipinski definition) is 7. The van der Waals surface area contributed by atoms with Crippen molar-refractivity contribution in [2.45, 2.75) is 4.90 Å². The number of sulfonamides is 1. The number of ether oxygens (including phenoxy) is 3. The molecule has 0 atom stereocenters. The number of aromatic nitrogens is 2. The van der Waals surface area contributed by atoms with Gasteiger partial charge in [0.05, 0.1) is 7.11 Å². The normalized spacial score (nSPS) is 16.8. The summed E-state index contributed by atoms with van der Waals surface area (Å²) in [5.41, 5.74) is 0.928. The van der Waals surface area contributed by atoms with Crippen LogP contribution >= 0.6 is 0 Å². The Balaban J connectivity index is 1.33. The Bertz CT molecular complexity index is 1260. The molecule has 10 nitrogen and oxygen atoms in total. The Hall–Kier alpha value is -3.31. The van der Waals surface area contributed by atoms with Gasteiger partial charge in [0, 0.05) is 49.5 Å². The fraction of sp³-hybridized carbons (Fsp3) is 0.333. The molecule has 0 aliphatic carbocycles. The second-order valence-corrected chi connectivity index (χ2v) is 9.36. The second kappa shape index (κ2) is 7.99. The molecule has 0 saturated carbocycles. The van der Waals surface area contributed by atoms with Crippen LogP contribution in [0.1, 0.15) is 10.4 Å². The summed E-state index contributed by atoms with van der Waals surface area (Å²) in [5, 5.41) is 0.550. The zero-order valence-electron chi connectivity index (χ0n) is 17.4. The van der Waals surface area contributed by atoms with Gasteiger partial charge < -0.3 is 24.1 Å². The monoisotopic (exact) mass is 458 g/mol. The average Bonchev–Trinajstić information content (AvgIpc) is 3.28. The Morgan fingerprint density at radius 1 is 1.16 bits per heavy atom. The number of benzene rings is 1. The van der Waals surface area contributed by atoms with Gasteiger partial charge in [-0.3, -0.25) is 4.79 Å². The summed E-state index contributed by atoms with van der Waals surface area (Å²) in [5.74, 6) is 1.17. The van der Waals surface area contributed by atoms with Crippen LogP contribution in [-0.4, -0.2) is 80.0 Å². The highest BCUT2D eigenvalue weighted by molar-refractivity contribution is 7.89. The molecule has 32 heavy (non-hydrogen) atoms. The number of aromatic amines is 1. The van der Waals surface area contributed by atoms with Gasteiger partial charge in [-0.1, -0.05) is 0 Å². The first-order valence-electron chi connectivity index (χ1n) is 10.2. The van der Waals surface area contributed by atoms with E-state index in [1.165, 1.54) is 17.6 Å². The van der Waals surface area contributed by atoms with Crippen molar-refractivity contribution < 1.29 is 27.4 Å². The van der Waals surface area contributed by atoms with E-state index in [-0.39, 0.29) is 37.0 Å². The van der Waals surface area contributed by atoms with Crippen molar-refractivity contribution in [2.75, 3.05) is 46.5 Å². The molecule has 1 amide bonds. The topological polar surface area (TPSA) is 114 Å². The molecule has 1 fully saturated rings. The van der Waals surface area contributed by atoms with Crippen molar-refractivity contribution in [3.63, 3.8) is 0 Å². The summed E-state index contributed by atoms with van der Waals surface area (Å²) >= 11 is 0. The minimum atomic E-state index is -3.71. The molecule has 2 aliphatic rings. The molecule has 1 aromatic carbocycles. The summed E-state index contributed by atoms with van der Waals surface area (Å²) in [7, 11) is -2.21. The maximum absolute atomic E-state index is 13.2. The van der Waals surface area contributed by atoms with E-state index in [1.807, 2.05) is 0 Å². The number of hydrogen-bond donors (Lipinski definition) is 1. The number of pyridine rings is 1.